The summed E-state index contributed by atoms with van der Waals surface area (Å²) >= 11 is 0. The van der Waals surface area contributed by atoms with E-state index >= 15 is 0 Å². The number of aryl methyl sites for hydroxylation is 2. The molecule has 4 rings (SSSR count). The van der Waals surface area contributed by atoms with Gasteiger partial charge in [-0.15, -0.1) is 0 Å². The minimum atomic E-state index is -0.392. The normalized spacial score (nSPS) is 11.0. The van der Waals surface area contributed by atoms with Gasteiger partial charge in [0.25, 0.3) is 0 Å². The monoisotopic (exact) mass is 335 g/mol. The van der Waals surface area contributed by atoms with E-state index in [2.05, 4.69) is 20.3 Å². The smallest absolute Gasteiger partial charge is 0.247 e. The number of nitrogens with zero attached hydrogens (tertiary/aromatic N) is 5. The highest BCUT2D eigenvalue weighted by atomic mass is 19.1. The van der Waals surface area contributed by atoms with Crippen LogP contribution in [0.2, 0.25) is 0 Å². The average molecular weight is 335 g/mol. The minimum absolute atomic E-state index is 0.361. The van der Waals surface area contributed by atoms with E-state index < -0.39 is 5.82 Å². The van der Waals surface area contributed by atoms with Crippen LogP contribution >= 0.6 is 0 Å². The molecular formula is C18H14FN5O. The molecule has 4 aromatic rings. The Morgan fingerprint density at radius 2 is 2.04 bits per heavy atom. The number of rotatable bonds is 3. The molecule has 0 atom stereocenters. The van der Waals surface area contributed by atoms with Gasteiger partial charge in [-0.25, -0.2) is 8.91 Å². The zero-order chi connectivity index (χ0) is 17.4. The Hall–Kier alpha value is -3.35. The summed E-state index contributed by atoms with van der Waals surface area (Å²) < 4.78 is 22.1. The summed E-state index contributed by atoms with van der Waals surface area (Å²) in [7, 11) is 0. The first-order valence-electron chi connectivity index (χ1n) is 7.68. The van der Waals surface area contributed by atoms with E-state index in [1.54, 1.807) is 29.0 Å². The van der Waals surface area contributed by atoms with Gasteiger partial charge >= 0.3 is 0 Å². The lowest BCUT2D eigenvalue weighted by Crippen LogP contribution is -1.98. The molecule has 0 radical (unpaired) electrons. The topological polar surface area (TPSA) is 65.2 Å². The number of hydrogen-bond acceptors (Lipinski definition) is 5. The zero-order valence-electron chi connectivity index (χ0n) is 13.6. The standard InChI is InChI=1S/C18H14FN5O/c1-11-9-21-23-12(2)17(11)14-6-5-13(8-15(14)19)25-18-16-4-3-7-24(16)22-10-20-18/h3-10H,1-2H3. The van der Waals surface area contributed by atoms with E-state index in [-0.39, 0.29) is 0 Å². The zero-order valence-corrected chi connectivity index (χ0v) is 13.6. The summed E-state index contributed by atoms with van der Waals surface area (Å²) in [5.41, 5.74) is 3.46. The van der Waals surface area contributed by atoms with Gasteiger partial charge in [0, 0.05) is 23.4 Å². The van der Waals surface area contributed by atoms with Crippen LogP contribution < -0.4 is 4.74 Å². The Morgan fingerprint density at radius 1 is 1.16 bits per heavy atom. The third-order valence-electron chi connectivity index (χ3n) is 3.94. The molecule has 0 saturated heterocycles. The molecule has 0 aliphatic rings. The van der Waals surface area contributed by atoms with Crippen molar-refractivity contribution in [3.63, 3.8) is 0 Å². The van der Waals surface area contributed by atoms with Gasteiger partial charge in [-0.3, -0.25) is 0 Å². The van der Waals surface area contributed by atoms with Gasteiger partial charge in [0.2, 0.25) is 5.88 Å². The van der Waals surface area contributed by atoms with Gasteiger partial charge in [-0.05, 0) is 43.7 Å². The number of aromatic nitrogens is 5. The lowest BCUT2D eigenvalue weighted by molar-refractivity contribution is 0.458. The van der Waals surface area contributed by atoms with Crippen molar-refractivity contribution in [2.24, 2.45) is 0 Å². The van der Waals surface area contributed by atoms with Crippen LogP contribution in [0.25, 0.3) is 16.6 Å². The van der Waals surface area contributed by atoms with E-state index in [9.17, 15) is 4.39 Å². The number of fused-ring (bicyclic) bond motifs is 1. The maximum Gasteiger partial charge on any atom is 0.247 e. The third kappa shape index (κ3) is 2.69. The van der Waals surface area contributed by atoms with Crippen molar-refractivity contribution in [2.75, 3.05) is 0 Å². The fourth-order valence-corrected chi connectivity index (χ4v) is 2.80. The molecule has 7 heteroatoms. The lowest BCUT2D eigenvalue weighted by atomic mass is 10.00. The van der Waals surface area contributed by atoms with Gasteiger partial charge in [0.15, 0.2) is 0 Å². The Balaban J connectivity index is 1.72. The van der Waals surface area contributed by atoms with Gasteiger partial charge in [0.1, 0.15) is 23.4 Å². The van der Waals surface area contributed by atoms with E-state index in [4.69, 9.17) is 4.74 Å². The summed E-state index contributed by atoms with van der Waals surface area (Å²) in [5, 5.41) is 12.0. The molecule has 6 nitrogen and oxygen atoms in total. The first-order valence-corrected chi connectivity index (χ1v) is 7.68. The second-order valence-corrected chi connectivity index (χ2v) is 5.63. The molecule has 0 N–H and O–H groups in total. The summed E-state index contributed by atoms with van der Waals surface area (Å²) in [6.07, 6.45) is 4.80. The number of benzene rings is 1. The summed E-state index contributed by atoms with van der Waals surface area (Å²) in [4.78, 5) is 4.12. The molecule has 0 unspecified atom stereocenters. The van der Waals surface area contributed by atoms with Crippen molar-refractivity contribution >= 4 is 5.52 Å². The predicted molar refractivity (Wildman–Crippen MR) is 90.0 cm³/mol. The Bertz CT molecular complexity index is 1060. The fraction of sp³-hybridized carbons (Fsp3) is 0.111. The quantitative estimate of drug-likeness (QED) is 0.571. The first kappa shape index (κ1) is 15.2. The molecule has 0 spiro atoms. The largest absolute Gasteiger partial charge is 0.437 e. The molecule has 0 bridgehead atoms. The van der Waals surface area contributed by atoms with Crippen LogP contribution in [0, 0.1) is 19.7 Å². The van der Waals surface area contributed by atoms with Crippen molar-refractivity contribution in [1.29, 1.82) is 0 Å². The Morgan fingerprint density at radius 3 is 2.84 bits per heavy atom. The molecule has 25 heavy (non-hydrogen) atoms. The van der Waals surface area contributed by atoms with E-state index in [0.717, 1.165) is 11.1 Å². The molecular weight excluding hydrogens is 321 g/mol. The highest BCUT2D eigenvalue weighted by molar-refractivity contribution is 5.70. The van der Waals surface area contributed by atoms with E-state index in [0.29, 0.717) is 28.4 Å². The van der Waals surface area contributed by atoms with Crippen LogP contribution in [-0.4, -0.2) is 24.8 Å². The van der Waals surface area contributed by atoms with Gasteiger partial charge in [-0.1, -0.05) is 0 Å². The van der Waals surface area contributed by atoms with Crippen LogP contribution in [0.1, 0.15) is 11.3 Å². The van der Waals surface area contributed by atoms with Crippen LogP contribution in [0.3, 0.4) is 0 Å². The second kappa shape index (κ2) is 5.94. The van der Waals surface area contributed by atoms with Crippen molar-refractivity contribution in [1.82, 2.24) is 24.8 Å². The molecule has 0 saturated carbocycles. The Kier molecular flexibility index (Phi) is 3.61. The maximum atomic E-state index is 14.7. The maximum absolute atomic E-state index is 14.7. The SMILES string of the molecule is Cc1cnnc(C)c1-c1ccc(Oc2ncnn3cccc23)cc1F. The lowest BCUT2D eigenvalue weighted by Gasteiger charge is -2.11. The van der Waals surface area contributed by atoms with E-state index in [1.165, 1.54) is 12.4 Å². The third-order valence-corrected chi connectivity index (χ3v) is 3.94. The molecule has 0 aliphatic heterocycles. The highest BCUT2D eigenvalue weighted by Crippen LogP contribution is 2.32. The summed E-state index contributed by atoms with van der Waals surface area (Å²) in [6.45, 7) is 3.69. The molecule has 0 aliphatic carbocycles. The average Bonchev–Trinajstić information content (AvgIpc) is 3.06. The molecule has 3 heterocycles. The highest BCUT2D eigenvalue weighted by Gasteiger charge is 2.14. The van der Waals surface area contributed by atoms with Crippen LogP contribution in [0.5, 0.6) is 11.6 Å². The van der Waals surface area contributed by atoms with Gasteiger partial charge in [-0.2, -0.15) is 20.3 Å². The molecule has 0 fully saturated rings. The fourth-order valence-electron chi connectivity index (χ4n) is 2.80. The van der Waals surface area contributed by atoms with Crippen LogP contribution in [0.15, 0.2) is 49.1 Å². The van der Waals surface area contributed by atoms with Crippen molar-refractivity contribution < 1.29 is 9.13 Å². The molecule has 1 aromatic carbocycles. The van der Waals surface area contributed by atoms with Crippen LogP contribution in [0.4, 0.5) is 4.39 Å². The minimum Gasteiger partial charge on any atom is -0.437 e. The van der Waals surface area contributed by atoms with Crippen molar-refractivity contribution in [3.05, 3.63) is 66.1 Å². The summed E-state index contributed by atoms with van der Waals surface area (Å²) in [5.74, 6) is 0.336. The number of halogens is 1. The number of ether oxygens (including phenoxy) is 1. The molecule has 124 valence electrons. The second-order valence-electron chi connectivity index (χ2n) is 5.63. The van der Waals surface area contributed by atoms with Gasteiger partial charge < -0.3 is 4.74 Å². The predicted octanol–water partition coefficient (Wildman–Crippen LogP) is 3.73. The summed E-state index contributed by atoms with van der Waals surface area (Å²) in [6, 6.07) is 8.39. The first-order chi connectivity index (χ1) is 12.1. The van der Waals surface area contributed by atoms with Crippen molar-refractivity contribution in [2.45, 2.75) is 13.8 Å². The van der Waals surface area contributed by atoms with E-state index in [1.807, 2.05) is 26.0 Å². The molecule has 0 amide bonds. The Labute approximate surface area is 142 Å². The van der Waals surface area contributed by atoms with Crippen LogP contribution in [-0.2, 0) is 0 Å². The number of hydrogen-bond donors (Lipinski definition) is 0. The van der Waals surface area contributed by atoms with Gasteiger partial charge in [0.05, 0.1) is 11.9 Å². The van der Waals surface area contributed by atoms with Crippen molar-refractivity contribution in [3.8, 4) is 22.8 Å². The molecule has 3 aromatic heterocycles.